The van der Waals surface area contributed by atoms with Crippen LogP contribution < -0.4 is 9.47 Å². The number of nitro groups is 1. The van der Waals surface area contributed by atoms with Crippen molar-refractivity contribution in [3.05, 3.63) is 57.1 Å². The van der Waals surface area contributed by atoms with Crippen molar-refractivity contribution in [3.8, 4) is 17.2 Å². The summed E-state index contributed by atoms with van der Waals surface area (Å²) in [6.07, 6.45) is 0.594. The minimum Gasteiger partial charge on any atom is -0.497 e. The van der Waals surface area contributed by atoms with Gasteiger partial charge in [-0.25, -0.2) is 0 Å². The summed E-state index contributed by atoms with van der Waals surface area (Å²) in [5.41, 5.74) is -0.0396. The quantitative estimate of drug-likeness (QED) is 0.476. The summed E-state index contributed by atoms with van der Waals surface area (Å²) in [7, 11) is 1.46. The fourth-order valence-corrected chi connectivity index (χ4v) is 1.83. The number of benzene rings is 2. The average Bonchev–Trinajstić information content (AvgIpc) is 2.48. The van der Waals surface area contributed by atoms with Crippen molar-refractivity contribution >= 4 is 23.6 Å². The predicted octanol–water partition coefficient (Wildman–Crippen LogP) is 3.86. The Bertz CT molecular complexity index is 702. The van der Waals surface area contributed by atoms with E-state index in [1.54, 1.807) is 6.07 Å². The lowest BCUT2D eigenvalue weighted by atomic mass is 10.2. The van der Waals surface area contributed by atoms with Gasteiger partial charge in [-0.3, -0.25) is 14.9 Å². The van der Waals surface area contributed by atoms with E-state index < -0.39 is 4.92 Å². The molecule has 0 aliphatic carbocycles. The van der Waals surface area contributed by atoms with Crippen LogP contribution in [0.4, 0.5) is 5.69 Å². The second kappa shape index (κ2) is 6.23. The van der Waals surface area contributed by atoms with Gasteiger partial charge in [-0.15, -0.1) is 0 Å². The Balaban J connectivity index is 2.47. The molecule has 0 amide bonds. The van der Waals surface area contributed by atoms with Crippen LogP contribution in [0.1, 0.15) is 10.4 Å². The molecule has 0 heterocycles. The summed E-state index contributed by atoms with van der Waals surface area (Å²) < 4.78 is 10.5. The van der Waals surface area contributed by atoms with Crippen molar-refractivity contribution in [2.75, 3.05) is 7.11 Å². The third-order valence-corrected chi connectivity index (χ3v) is 2.92. The molecule has 0 radical (unpaired) electrons. The largest absolute Gasteiger partial charge is 0.497 e. The third kappa shape index (κ3) is 3.29. The Morgan fingerprint density at radius 3 is 2.57 bits per heavy atom. The van der Waals surface area contributed by atoms with Gasteiger partial charge in [0.15, 0.2) is 6.29 Å². The van der Waals surface area contributed by atoms with Gasteiger partial charge in [-0.1, -0.05) is 11.6 Å². The minimum absolute atomic E-state index is 0.0132. The fourth-order valence-electron chi connectivity index (χ4n) is 1.67. The van der Waals surface area contributed by atoms with E-state index in [1.165, 1.54) is 37.4 Å². The number of nitrogens with zero attached hydrogens (tertiary/aromatic N) is 1. The first-order valence-corrected chi connectivity index (χ1v) is 6.18. The zero-order chi connectivity index (χ0) is 15.4. The average molecular weight is 308 g/mol. The highest BCUT2D eigenvalue weighted by atomic mass is 35.5. The number of hydrogen-bond donors (Lipinski definition) is 0. The number of carbonyl (C=O) groups is 1. The SMILES string of the molecule is COc1ccc(C=O)c(Oc2ccc(Cl)cc2[N+](=O)[O-])c1. The predicted molar refractivity (Wildman–Crippen MR) is 76.6 cm³/mol. The minimum atomic E-state index is -0.609. The Labute approximate surface area is 125 Å². The van der Waals surface area contributed by atoms with Crippen LogP contribution in [0.3, 0.4) is 0 Å². The summed E-state index contributed by atoms with van der Waals surface area (Å²) in [5, 5.41) is 11.2. The van der Waals surface area contributed by atoms with Crippen molar-refractivity contribution in [1.29, 1.82) is 0 Å². The maximum absolute atomic E-state index is 11.0. The van der Waals surface area contributed by atoms with E-state index in [4.69, 9.17) is 21.1 Å². The smallest absolute Gasteiger partial charge is 0.313 e. The van der Waals surface area contributed by atoms with Crippen molar-refractivity contribution in [2.24, 2.45) is 0 Å². The molecule has 2 aromatic carbocycles. The Hall–Kier alpha value is -2.60. The lowest BCUT2D eigenvalue weighted by molar-refractivity contribution is -0.385. The van der Waals surface area contributed by atoms with E-state index in [1.807, 2.05) is 0 Å². The van der Waals surface area contributed by atoms with Crippen LogP contribution in [-0.4, -0.2) is 18.3 Å². The second-order valence-electron chi connectivity index (χ2n) is 3.99. The maximum Gasteiger partial charge on any atom is 0.313 e. The van der Waals surface area contributed by atoms with Gasteiger partial charge in [-0.05, 0) is 24.3 Å². The zero-order valence-electron chi connectivity index (χ0n) is 10.9. The molecule has 0 aromatic heterocycles. The Morgan fingerprint density at radius 2 is 1.95 bits per heavy atom. The maximum atomic E-state index is 11.0. The molecule has 21 heavy (non-hydrogen) atoms. The summed E-state index contributed by atoms with van der Waals surface area (Å²) in [6, 6.07) is 8.58. The van der Waals surface area contributed by atoms with Gasteiger partial charge in [0.2, 0.25) is 5.75 Å². The molecule has 108 valence electrons. The van der Waals surface area contributed by atoms with Crippen LogP contribution in [0.15, 0.2) is 36.4 Å². The van der Waals surface area contributed by atoms with E-state index in [0.29, 0.717) is 12.0 Å². The fraction of sp³-hybridized carbons (Fsp3) is 0.0714. The molecule has 0 fully saturated rings. The van der Waals surface area contributed by atoms with E-state index in [0.717, 1.165) is 0 Å². The first-order chi connectivity index (χ1) is 10.0. The molecule has 0 spiro atoms. The van der Waals surface area contributed by atoms with Crippen molar-refractivity contribution < 1.29 is 19.2 Å². The topological polar surface area (TPSA) is 78.7 Å². The van der Waals surface area contributed by atoms with Crippen LogP contribution in [-0.2, 0) is 0 Å². The van der Waals surface area contributed by atoms with Gasteiger partial charge in [0.05, 0.1) is 17.6 Å². The summed E-state index contributed by atoms with van der Waals surface area (Å²) in [4.78, 5) is 21.4. The molecule has 2 rings (SSSR count). The summed E-state index contributed by atoms with van der Waals surface area (Å²) in [6.45, 7) is 0. The molecule has 0 unspecified atom stereocenters. The van der Waals surface area contributed by atoms with Crippen LogP contribution in [0.2, 0.25) is 5.02 Å². The molecule has 0 atom stereocenters. The van der Waals surface area contributed by atoms with Gasteiger partial charge in [0, 0.05) is 17.2 Å². The molecular weight excluding hydrogens is 298 g/mol. The number of halogens is 1. The second-order valence-corrected chi connectivity index (χ2v) is 4.43. The number of carbonyl (C=O) groups excluding carboxylic acids is 1. The Morgan fingerprint density at radius 1 is 1.19 bits per heavy atom. The molecule has 0 N–H and O–H groups in total. The molecule has 7 heteroatoms. The number of aldehydes is 1. The van der Waals surface area contributed by atoms with Crippen LogP contribution in [0, 0.1) is 10.1 Å². The molecule has 2 aromatic rings. The number of ether oxygens (including phenoxy) is 2. The third-order valence-electron chi connectivity index (χ3n) is 2.69. The van der Waals surface area contributed by atoms with Gasteiger partial charge in [0.25, 0.3) is 0 Å². The number of methoxy groups -OCH3 is 1. The molecule has 0 saturated carbocycles. The summed E-state index contributed by atoms with van der Waals surface area (Å²) in [5.74, 6) is 0.614. The van der Waals surface area contributed by atoms with Gasteiger partial charge < -0.3 is 9.47 Å². The number of hydrogen-bond acceptors (Lipinski definition) is 5. The van der Waals surface area contributed by atoms with Crippen molar-refractivity contribution in [3.63, 3.8) is 0 Å². The molecule has 0 aliphatic heterocycles. The van der Waals surface area contributed by atoms with Crippen molar-refractivity contribution in [2.45, 2.75) is 0 Å². The molecule has 6 nitrogen and oxygen atoms in total. The zero-order valence-corrected chi connectivity index (χ0v) is 11.7. The molecular formula is C14H10ClNO5. The highest BCUT2D eigenvalue weighted by molar-refractivity contribution is 6.30. The first-order valence-electron chi connectivity index (χ1n) is 5.80. The lowest BCUT2D eigenvalue weighted by Crippen LogP contribution is -1.96. The standard InChI is InChI=1S/C14H10ClNO5/c1-20-11-4-2-9(8-17)14(7-11)21-13-5-3-10(15)6-12(13)16(18)19/h2-8H,1H3. The first kappa shape index (κ1) is 14.8. The monoisotopic (exact) mass is 307 g/mol. The highest BCUT2D eigenvalue weighted by Gasteiger charge is 2.18. The van der Waals surface area contributed by atoms with E-state index in [9.17, 15) is 14.9 Å². The van der Waals surface area contributed by atoms with Gasteiger partial charge in [0.1, 0.15) is 11.5 Å². The number of rotatable bonds is 5. The van der Waals surface area contributed by atoms with E-state index in [2.05, 4.69) is 0 Å². The molecule has 0 saturated heterocycles. The molecule has 0 aliphatic rings. The summed E-state index contributed by atoms with van der Waals surface area (Å²) >= 11 is 5.73. The van der Waals surface area contributed by atoms with Crippen molar-refractivity contribution in [1.82, 2.24) is 0 Å². The van der Waals surface area contributed by atoms with Crippen LogP contribution in [0.25, 0.3) is 0 Å². The van der Waals surface area contributed by atoms with E-state index >= 15 is 0 Å². The molecule has 0 bridgehead atoms. The van der Waals surface area contributed by atoms with Gasteiger partial charge in [-0.2, -0.15) is 0 Å². The Kier molecular flexibility index (Phi) is 4.39. The van der Waals surface area contributed by atoms with Crippen LogP contribution in [0.5, 0.6) is 17.2 Å². The number of nitro benzene ring substituents is 1. The van der Waals surface area contributed by atoms with Crippen LogP contribution >= 0.6 is 11.6 Å². The van der Waals surface area contributed by atoms with E-state index in [-0.39, 0.29) is 27.8 Å². The normalized spacial score (nSPS) is 10.0. The highest BCUT2D eigenvalue weighted by Crippen LogP contribution is 2.35. The van der Waals surface area contributed by atoms with Gasteiger partial charge >= 0.3 is 5.69 Å². The lowest BCUT2D eigenvalue weighted by Gasteiger charge is -2.10.